The molecule has 0 amide bonds. The number of aromatic nitrogens is 1. The molecule has 0 saturated carbocycles. The summed E-state index contributed by atoms with van der Waals surface area (Å²) >= 11 is 0. The van der Waals surface area contributed by atoms with Gasteiger partial charge in [-0.15, -0.1) is 0 Å². The maximum atomic E-state index is 12.6. The topological polar surface area (TPSA) is 53.8 Å². The van der Waals surface area contributed by atoms with E-state index in [2.05, 4.69) is 11.1 Å². The van der Waals surface area contributed by atoms with Crippen molar-refractivity contribution >= 4 is 5.78 Å². The van der Waals surface area contributed by atoms with Crippen molar-refractivity contribution in [3.05, 3.63) is 65.0 Å². The number of nitriles is 1. The molecule has 0 fully saturated rings. The number of rotatable bonds is 3. The lowest BCUT2D eigenvalue weighted by Crippen LogP contribution is -2.14. The summed E-state index contributed by atoms with van der Waals surface area (Å²) in [6.45, 7) is 3.77. The SMILES string of the molecule is Cc1cccc(C)c1C(=O)C(C#N)c1cccnc1. The van der Waals surface area contributed by atoms with Crippen molar-refractivity contribution in [2.75, 3.05) is 0 Å². The number of hydrogen-bond donors (Lipinski definition) is 0. The molecule has 0 radical (unpaired) electrons. The molecule has 0 saturated heterocycles. The monoisotopic (exact) mass is 250 g/mol. The fourth-order valence-electron chi connectivity index (χ4n) is 2.18. The number of aryl methyl sites for hydroxylation is 2. The third-order valence-corrected chi connectivity index (χ3v) is 3.14. The average molecular weight is 250 g/mol. The number of carbonyl (C=O) groups excluding carboxylic acids is 1. The van der Waals surface area contributed by atoms with Gasteiger partial charge in [0.1, 0.15) is 5.92 Å². The van der Waals surface area contributed by atoms with Crippen LogP contribution in [0.4, 0.5) is 0 Å². The highest BCUT2D eigenvalue weighted by Crippen LogP contribution is 2.23. The zero-order valence-corrected chi connectivity index (χ0v) is 10.9. The molecule has 0 aliphatic carbocycles. The molecule has 1 aromatic carbocycles. The van der Waals surface area contributed by atoms with Crippen LogP contribution in [-0.4, -0.2) is 10.8 Å². The Morgan fingerprint density at radius 3 is 2.42 bits per heavy atom. The standard InChI is InChI=1S/C16H14N2O/c1-11-5-3-6-12(2)15(11)16(19)14(9-17)13-7-4-8-18-10-13/h3-8,10,14H,1-2H3. The summed E-state index contributed by atoms with van der Waals surface area (Å²) < 4.78 is 0. The van der Waals surface area contributed by atoms with Crippen LogP contribution in [0.5, 0.6) is 0 Å². The maximum absolute atomic E-state index is 12.6. The normalized spacial score (nSPS) is 11.6. The number of benzene rings is 1. The minimum absolute atomic E-state index is 0.161. The highest BCUT2D eigenvalue weighted by atomic mass is 16.1. The van der Waals surface area contributed by atoms with Gasteiger partial charge in [0, 0.05) is 18.0 Å². The predicted molar refractivity (Wildman–Crippen MR) is 72.8 cm³/mol. The molecule has 1 atom stereocenters. The van der Waals surface area contributed by atoms with Crippen LogP contribution in [0.25, 0.3) is 0 Å². The van der Waals surface area contributed by atoms with Crippen molar-refractivity contribution in [1.82, 2.24) is 4.98 Å². The Morgan fingerprint density at radius 2 is 1.89 bits per heavy atom. The van der Waals surface area contributed by atoms with Crippen molar-refractivity contribution in [2.45, 2.75) is 19.8 Å². The molecular weight excluding hydrogens is 236 g/mol. The molecule has 3 heteroatoms. The van der Waals surface area contributed by atoms with E-state index in [1.165, 1.54) is 0 Å². The summed E-state index contributed by atoms with van der Waals surface area (Å²) in [7, 11) is 0. The summed E-state index contributed by atoms with van der Waals surface area (Å²) in [4.78, 5) is 16.5. The third kappa shape index (κ3) is 2.53. The van der Waals surface area contributed by atoms with Crippen LogP contribution in [0.2, 0.25) is 0 Å². The zero-order chi connectivity index (χ0) is 13.8. The zero-order valence-electron chi connectivity index (χ0n) is 10.9. The minimum atomic E-state index is -0.798. The molecule has 0 bridgehead atoms. The van der Waals surface area contributed by atoms with Crippen LogP contribution in [0.3, 0.4) is 0 Å². The smallest absolute Gasteiger partial charge is 0.185 e. The van der Waals surface area contributed by atoms with Crippen molar-refractivity contribution in [1.29, 1.82) is 5.26 Å². The van der Waals surface area contributed by atoms with Gasteiger partial charge in [-0.25, -0.2) is 0 Å². The number of pyridine rings is 1. The van der Waals surface area contributed by atoms with Gasteiger partial charge in [-0.3, -0.25) is 9.78 Å². The lowest BCUT2D eigenvalue weighted by atomic mass is 9.88. The van der Waals surface area contributed by atoms with Gasteiger partial charge >= 0.3 is 0 Å². The molecule has 94 valence electrons. The molecular formula is C16H14N2O. The first-order valence-electron chi connectivity index (χ1n) is 6.05. The fraction of sp³-hybridized carbons (Fsp3) is 0.188. The van der Waals surface area contributed by atoms with Crippen molar-refractivity contribution in [3.8, 4) is 6.07 Å². The molecule has 0 spiro atoms. The van der Waals surface area contributed by atoms with Gasteiger partial charge in [0.2, 0.25) is 0 Å². The molecule has 19 heavy (non-hydrogen) atoms. The molecule has 0 N–H and O–H groups in total. The van der Waals surface area contributed by atoms with Gasteiger partial charge in [0.25, 0.3) is 0 Å². The fourth-order valence-corrected chi connectivity index (χ4v) is 2.18. The first-order chi connectivity index (χ1) is 9.15. The van der Waals surface area contributed by atoms with Gasteiger partial charge in [-0.2, -0.15) is 5.26 Å². The van der Waals surface area contributed by atoms with Crippen LogP contribution in [0.15, 0.2) is 42.7 Å². The molecule has 3 nitrogen and oxygen atoms in total. The van der Waals surface area contributed by atoms with Gasteiger partial charge in [0.05, 0.1) is 6.07 Å². The summed E-state index contributed by atoms with van der Waals surface area (Å²) in [5.41, 5.74) is 3.07. The molecule has 0 aliphatic rings. The van der Waals surface area contributed by atoms with E-state index < -0.39 is 5.92 Å². The molecule has 2 rings (SSSR count). The summed E-state index contributed by atoms with van der Waals surface area (Å²) in [6.07, 6.45) is 3.20. The Kier molecular flexibility index (Phi) is 3.72. The number of nitrogens with zero attached hydrogens (tertiary/aromatic N) is 2. The quantitative estimate of drug-likeness (QED) is 0.786. The second-order valence-corrected chi connectivity index (χ2v) is 4.48. The first kappa shape index (κ1) is 13.0. The second-order valence-electron chi connectivity index (χ2n) is 4.48. The van der Waals surface area contributed by atoms with E-state index in [0.717, 1.165) is 11.1 Å². The largest absolute Gasteiger partial charge is 0.292 e. The van der Waals surface area contributed by atoms with Crippen molar-refractivity contribution in [2.24, 2.45) is 0 Å². The first-order valence-corrected chi connectivity index (χ1v) is 6.05. The highest BCUT2D eigenvalue weighted by Gasteiger charge is 2.24. The Hall–Kier alpha value is -2.47. The van der Waals surface area contributed by atoms with E-state index in [-0.39, 0.29) is 5.78 Å². The van der Waals surface area contributed by atoms with Crippen LogP contribution in [-0.2, 0) is 0 Å². The van der Waals surface area contributed by atoms with Gasteiger partial charge in [-0.1, -0.05) is 24.3 Å². The van der Waals surface area contributed by atoms with Crippen LogP contribution >= 0.6 is 0 Å². The van der Waals surface area contributed by atoms with E-state index in [9.17, 15) is 10.1 Å². The Bertz CT molecular complexity index is 621. The lowest BCUT2D eigenvalue weighted by molar-refractivity contribution is 0.0977. The van der Waals surface area contributed by atoms with Gasteiger partial charge < -0.3 is 0 Å². The summed E-state index contributed by atoms with van der Waals surface area (Å²) in [5, 5.41) is 9.29. The summed E-state index contributed by atoms with van der Waals surface area (Å²) in [5.74, 6) is -0.959. The molecule has 1 unspecified atom stereocenters. The van der Waals surface area contributed by atoms with E-state index in [1.54, 1.807) is 24.5 Å². The van der Waals surface area contributed by atoms with E-state index in [1.807, 2.05) is 32.0 Å². The van der Waals surface area contributed by atoms with Crippen LogP contribution < -0.4 is 0 Å². The van der Waals surface area contributed by atoms with E-state index in [4.69, 9.17) is 0 Å². The van der Waals surface area contributed by atoms with Crippen LogP contribution in [0.1, 0.15) is 33.0 Å². The average Bonchev–Trinajstić information content (AvgIpc) is 2.40. The third-order valence-electron chi connectivity index (χ3n) is 3.14. The maximum Gasteiger partial charge on any atom is 0.185 e. The van der Waals surface area contributed by atoms with E-state index >= 15 is 0 Å². The second kappa shape index (κ2) is 5.45. The molecule has 1 heterocycles. The minimum Gasteiger partial charge on any atom is -0.292 e. The molecule has 1 aromatic heterocycles. The Labute approximate surface area is 112 Å². The van der Waals surface area contributed by atoms with Gasteiger partial charge in [-0.05, 0) is 36.6 Å². The van der Waals surface area contributed by atoms with Crippen molar-refractivity contribution < 1.29 is 4.79 Å². The molecule has 0 aliphatic heterocycles. The number of hydrogen-bond acceptors (Lipinski definition) is 3. The number of Topliss-reactive ketones (excluding diaryl/α,β-unsaturated/α-hetero) is 1. The molecule has 2 aromatic rings. The highest BCUT2D eigenvalue weighted by molar-refractivity contribution is 6.04. The van der Waals surface area contributed by atoms with Crippen molar-refractivity contribution in [3.63, 3.8) is 0 Å². The summed E-state index contributed by atoms with van der Waals surface area (Å²) in [6, 6.07) is 11.3. The predicted octanol–water partition coefficient (Wildman–Crippen LogP) is 3.19. The number of carbonyl (C=O) groups is 1. The lowest BCUT2D eigenvalue weighted by Gasteiger charge is -2.12. The Balaban J connectivity index is 2.46. The van der Waals surface area contributed by atoms with E-state index in [0.29, 0.717) is 11.1 Å². The van der Waals surface area contributed by atoms with Gasteiger partial charge in [0.15, 0.2) is 5.78 Å². The van der Waals surface area contributed by atoms with Crippen LogP contribution in [0, 0.1) is 25.2 Å². The number of ketones is 1. The Morgan fingerprint density at radius 1 is 1.21 bits per heavy atom.